The van der Waals surface area contributed by atoms with Gasteiger partial charge in [-0.15, -0.1) is 0 Å². The number of hydrogen-bond acceptors (Lipinski definition) is 2. The van der Waals surface area contributed by atoms with Gasteiger partial charge in [0.25, 0.3) is 0 Å². The van der Waals surface area contributed by atoms with Crippen LogP contribution in [0.1, 0.15) is 13.3 Å². The Bertz CT molecular complexity index is 102. The summed E-state index contributed by atoms with van der Waals surface area (Å²) in [5.41, 5.74) is 4.83. The zero-order chi connectivity index (χ0) is 8.91. The van der Waals surface area contributed by atoms with E-state index in [9.17, 15) is 13.2 Å². The molecule has 0 aliphatic carbocycles. The Morgan fingerprint density at radius 3 is 2.36 bits per heavy atom. The van der Waals surface area contributed by atoms with E-state index in [0.29, 0.717) is 13.1 Å². The number of alkyl halides is 3. The van der Waals surface area contributed by atoms with E-state index < -0.39 is 12.2 Å². The van der Waals surface area contributed by atoms with Gasteiger partial charge in [-0.05, 0) is 19.5 Å². The van der Waals surface area contributed by atoms with Crippen molar-refractivity contribution in [2.75, 3.05) is 13.1 Å². The fourth-order valence-electron chi connectivity index (χ4n) is 0.598. The normalized spacial score (nSPS) is 15.0. The van der Waals surface area contributed by atoms with Crippen LogP contribution < -0.4 is 11.1 Å². The van der Waals surface area contributed by atoms with Crippen molar-refractivity contribution in [3.05, 3.63) is 0 Å². The predicted molar refractivity (Wildman–Crippen MR) is 37.2 cm³/mol. The smallest absolute Gasteiger partial charge is 0.320 e. The average molecular weight is 170 g/mol. The van der Waals surface area contributed by atoms with Gasteiger partial charge in [0.05, 0.1) is 0 Å². The van der Waals surface area contributed by atoms with Gasteiger partial charge in [0.15, 0.2) is 0 Å². The third-order valence-electron chi connectivity index (χ3n) is 1.30. The van der Waals surface area contributed by atoms with Crippen molar-refractivity contribution >= 4 is 0 Å². The second-order valence-corrected chi connectivity index (χ2v) is 2.29. The minimum absolute atomic E-state index is 0.0582. The van der Waals surface area contributed by atoms with Crippen LogP contribution in [0.4, 0.5) is 13.2 Å². The van der Waals surface area contributed by atoms with E-state index in [1.54, 1.807) is 0 Å². The largest absolute Gasteiger partial charge is 0.403 e. The first-order valence-electron chi connectivity index (χ1n) is 3.51. The SMILES string of the molecule is CCNCCC(N)C(F)(F)F. The summed E-state index contributed by atoms with van der Waals surface area (Å²) in [6, 6.07) is -1.69. The van der Waals surface area contributed by atoms with Crippen LogP contribution in [0, 0.1) is 0 Å². The van der Waals surface area contributed by atoms with E-state index >= 15 is 0 Å². The summed E-state index contributed by atoms with van der Waals surface area (Å²) in [6.45, 7) is 2.82. The second kappa shape index (κ2) is 4.56. The Morgan fingerprint density at radius 1 is 1.45 bits per heavy atom. The maximum absolute atomic E-state index is 11.7. The molecule has 1 atom stereocenters. The fourth-order valence-corrected chi connectivity index (χ4v) is 0.598. The highest BCUT2D eigenvalue weighted by atomic mass is 19.4. The Morgan fingerprint density at radius 2 is 2.00 bits per heavy atom. The fraction of sp³-hybridized carbons (Fsp3) is 1.00. The van der Waals surface area contributed by atoms with Gasteiger partial charge in [-0.3, -0.25) is 0 Å². The Kier molecular flexibility index (Phi) is 4.44. The highest BCUT2D eigenvalue weighted by Gasteiger charge is 2.35. The molecule has 5 heteroatoms. The molecule has 0 aliphatic heterocycles. The van der Waals surface area contributed by atoms with Gasteiger partial charge in [-0.2, -0.15) is 13.2 Å². The molecule has 0 heterocycles. The van der Waals surface area contributed by atoms with Crippen LogP contribution in [0.3, 0.4) is 0 Å². The standard InChI is InChI=1S/C6H13F3N2/c1-2-11-4-3-5(10)6(7,8)9/h5,11H,2-4,10H2,1H3. The van der Waals surface area contributed by atoms with Crippen molar-refractivity contribution in [2.24, 2.45) is 5.73 Å². The lowest BCUT2D eigenvalue weighted by Gasteiger charge is -2.14. The summed E-state index contributed by atoms with van der Waals surface area (Å²) in [6.07, 6.45) is -4.31. The summed E-state index contributed by atoms with van der Waals surface area (Å²) in [5.74, 6) is 0. The molecule has 0 saturated carbocycles. The lowest BCUT2D eigenvalue weighted by atomic mass is 10.2. The summed E-state index contributed by atoms with van der Waals surface area (Å²) in [5, 5.41) is 2.77. The summed E-state index contributed by atoms with van der Waals surface area (Å²) >= 11 is 0. The molecule has 0 aromatic rings. The zero-order valence-electron chi connectivity index (χ0n) is 6.41. The molecular weight excluding hydrogens is 157 g/mol. The first-order chi connectivity index (χ1) is 4.98. The molecule has 1 unspecified atom stereocenters. The molecule has 0 amide bonds. The Balaban J connectivity index is 3.44. The van der Waals surface area contributed by atoms with E-state index in [0.717, 1.165) is 0 Å². The monoisotopic (exact) mass is 170 g/mol. The molecule has 0 rings (SSSR count). The minimum atomic E-state index is -4.25. The molecular formula is C6H13F3N2. The van der Waals surface area contributed by atoms with Crippen molar-refractivity contribution < 1.29 is 13.2 Å². The summed E-state index contributed by atoms with van der Waals surface area (Å²) in [7, 11) is 0. The molecule has 0 fully saturated rings. The van der Waals surface area contributed by atoms with E-state index in [-0.39, 0.29) is 6.42 Å². The summed E-state index contributed by atoms with van der Waals surface area (Å²) < 4.78 is 35.2. The third kappa shape index (κ3) is 5.03. The van der Waals surface area contributed by atoms with Crippen LogP contribution in [-0.2, 0) is 0 Å². The Labute approximate surface area is 64.0 Å². The van der Waals surface area contributed by atoms with E-state index in [1.807, 2.05) is 6.92 Å². The van der Waals surface area contributed by atoms with Crippen molar-refractivity contribution in [1.82, 2.24) is 5.32 Å². The topological polar surface area (TPSA) is 38.0 Å². The van der Waals surface area contributed by atoms with Crippen LogP contribution in [0.15, 0.2) is 0 Å². The molecule has 0 aliphatic rings. The molecule has 0 spiro atoms. The predicted octanol–water partition coefficient (Wildman–Crippen LogP) is 0.876. The van der Waals surface area contributed by atoms with Gasteiger partial charge in [-0.25, -0.2) is 0 Å². The zero-order valence-corrected chi connectivity index (χ0v) is 6.41. The quantitative estimate of drug-likeness (QED) is 0.614. The number of hydrogen-bond donors (Lipinski definition) is 2. The van der Waals surface area contributed by atoms with Crippen LogP contribution in [0.5, 0.6) is 0 Å². The van der Waals surface area contributed by atoms with Gasteiger partial charge in [0.2, 0.25) is 0 Å². The first-order valence-corrected chi connectivity index (χ1v) is 3.51. The van der Waals surface area contributed by atoms with Crippen LogP contribution >= 0.6 is 0 Å². The van der Waals surface area contributed by atoms with E-state index in [4.69, 9.17) is 5.73 Å². The van der Waals surface area contributed by atoms with E-state index in [2.05, 4.69) is 5.32 Å². The molecule has 0 saturated heterocycles. The van der Waals surface area contributed by atoms with Crippen LogP contribution in [0.25, 0.3) is 0 Å². The van der Waals surface area contributed by atoms with Crippen molar-refractivity contribution in [3.63, 3.8) is 0 Å². The van der Waals surface area contributed by atoms with Crippen molar-refractivity contribution in [1.29, 1.82) is 0 Å². The molecule has 3 N–H and O–H groups in total. The lowest BCUT2D eigenvalue weighted by Crippen LogP contribution is -2.39. The average Bonchev–Trinajstić information content (AvgIpc) is 1.86. The van der Waals surface area contributed by atoms with Crippen LogP contribution in [0.2, 0.25) is 0 Å². The van der Waals surface area contributed by atoms with Crippen molar-refractivity contribution in [3.8, 4) is 0 Å². The van der Waals surface area contributed by atoms with Crippen molar-refractivity contribution in [2.45, 2.75) is 25.6 Å². The molecule has 0 radical (unpaired) electrons. The van der Waals surface area contributed by atoms with E-state index in [1.165, 1.54) is 0 Å². The van der Waals surface area contributed by atoms with Crippen LogP contribution in [-0.4, -0.2) is 25.3 Å². The molecule has 0 bridgehead atoms. The third-order valence-corrected chi connectivity index (χ3v) is 1.30. The van der Waals surface area contributed by atoms with Gasteiger partial charge in [-0.1, -0.05) is 6.92 Å². The van der Waals surface area contributed by atoms with Gasteiger partial charge in [0.1, 0.15) is 6.04 Å². The first kappa shape index (κ1) is 10.7. The maximum Gasteiger partial charge on any atom is 0.403 e. The minimum Gasteiger partial charge on any atom is -0.320 e. The number of halogens is 3. The molecule has 0 aromatic carbocycles. The van der Waals surface area contributed by atoms with Gasteiger partial charge >= 0.3 is 6.18 Å². The maximum atomic E-state index is 11.7. The number of nitrogens with one attached hydrogen (secondary N) is 1. The molecule has 11 heavy (non-hydrogen) atoms. The molecule has 68 valence electrons. The highest BCUT2D eigenvalue weighted by molar-refractivity contribution is 4.70. The molecule has 2 nitrogen and oxygen atoms in total. The second-order valence-electron chi connectivity index (χ2n) is 2.29. The Hall–Kier alpha value is -0.290. The lowest BCUT2D eigenvalue weighted by molar-refractivity contribution is -0.148. The number of nitrogens with two attached hydrogens (primary N) is 1. The van der Waals surface area contributed by atoms with Gasteiger partial charge in [0, 0.05) is 0 Å². The highest BCUT2D eigenvalue weighted by Crippen LogP contribution is 2.19. The number of rotatable bonds is 4. The van der Waals surface area contributed by atoms with Gasteiger partial charge < -0.3 is 11.1 Å². The summed E-state index contributed by atoms with van der Waals surface area (Å²) in [4.78, 5) is 0. The molecule has 0 aromatic heterocycles.